The Morgan fingerprint density at radius 2 is 1.89 bits per heavy atom. The van der Waals surface area contributed by atoms with Gasteiger partial charge in [-0.05, 0) is 17.7 Å². The first-order chi connectivity index (χ1) is 9.09. The van der Waals surface area contributed by atoms with E-state index in [4.69, 9.17) is 10.00 Å². The Labute approximate surface area is 112 Å². The van der Waals surface area contributed by atoms with Crippen molar-refractivity contribution in [3.05, 3.63) is 35.4 Å². The Bertz CT molecular complexity index is 557. The molecule has 1 N–H and O–H groups in total. The lowest BCUT2D eigenvalue weighted by Crippen LogP contribution is -2.48. The van der Waals surface area contributed by atoms with Crippen molar-refractivity contribution in [2.24, 2.45) is 0 Å². The highest BCUT2D eigenvalue weighted by molar-refractivity contribution is 7.88. The van der Waals surface area contributed by atoms with Gasteiger partial charge in [-0.15, -0.1) is 4.83 Å². The fraction of sp³-hybridized carbons (Fsp3) is 0.417. The molecule has 1 aliphatic heterocycles. The molecule has 0 saturated carbocycles. The maximum Gasteiger partial charge on any atom is 0.228 e. The molecular weight excluding hydrogens is 266 g/mol. The van der Waals surface area contributed by atoms with Crippen LogP contribution in [0.5, 0.6) is 0 Å². The summed E-state index contributed by atoms with van der Waals surface area (Å²) in [5.41, 5.74) is 1.17. The van der Waals surface area contributed by atoms with E-state index < -0.39 is 10.0 Å². The number of rotatable bonds is 4. The minimum absolute atomic E-state index is 0.101. The summed E-state index contributed by atoms with van der Waals surface area (Å²) in [6, 6.07) is 8.52. The number of benzene rings is 1. The number of nitrogens with zero attached hydrogens (tertiary/aromatic N) is 2. The van der Waals surface area contributed by atoms with Gasteiger partial charge in [0.25, 0.3) is 0 Å². The van der Waals surface area contributed by atoms with Crippen molar-refractivity contribution in [2.75, 3.05) is 26.3 Å². The van der Waals surface area contributed by atoms with Crippen molar-refractivity contribution >= 4 is 10.0 Å². The molecule has 1 saturated heterocycles. The molecule has 0 aliphatic carbocycles. The summed E-state index contributed by atoms with van der Waals surface area (Å²) in [4.78, 5) is 2.53. The van der Waals surface area contributed by atoms with E-state index in [1.807, 2.05) is 6.07 Å². The average molecular weight is 281 g/mol. The molecule has 1 fully saturated rings. The first-order valence-electron chi connectivity index (χ1n) is 5.91. The zero-order valence-electron chi connectivity index (χ0n) is 10.4. The molecular formula is C12H15N3O3S. The molecule has 6 nitrogen and oxygen atoms in total. The van der Waals surface area contributed by atoms with Gasteiger partial charge < -0.3 is 4.74 Å². The number of nitrogens with one attached hydrogen (secondary N) is 1. The molecule has 0 unspecified atom stereocenters. The van der Waals surface area contributed by atoms with Crippen LogP contribution in [-0.4, -0.2) is 39.7 Å². The summed E-state index contributed by atoms with van der Waals surface area (Å²) in [5, 5.41) is 10.3. The lowest BCUT2D eigenvalue weighted by Gasteiger charge is -2.26. The maximum absolute atomic E-state index is 12.0. The fourth-order valence-electron chi connectivity index (χ4n) is 1.78. The third kappa shape index (κ3) is 4.29. The normalized spacial score (nSPS) is 17.0. The Balaban J connectivity index is 1.97. The molecule has 1 aromatic rings. The molecule has 1 heterocycles. The molecule has 102 valence electrons. The summed E-state index contributed by atoms with van der Waals surface area (Å²) in [5.74, 6) is -0.101. The van der Waals surface area contributed by atoms with Crippen LogP contribution in [0.2, 0.25) is 0 Å². The molecule has 1 aromatic carbocycles. The van der Waals surface area contributed by atoms with E-state index in [9.17, 15) is 8.42 Å². The predicted octanol–water partition coefficient (Wildman–Crippen LogP) is 0.225. The Morgan fingerprint density at radius 1 is 1.26 bits per heavy atom. The van der Waals surface area contributed by atoms with E-state index in [0.717, 1.165) is 0 Å². The molecule has 19 heavy (non-hydrogen) atoms. The van der Waals surface area contributed by atoms with Crippen molar-refractivity contribution in [1.29, 1.82) is 5.26 Å². The second-order valence-electron chi connectivity index (χ2n) is 4.26. The van der Waals surface area contributed by atoms with Gasteiger partial charge in [0.15, 0.2) is 0 Å². The molecule has 2 rings (SSSR count). The maximum atomic E-state index is 12.0. The lowest BCUT2D eigenvalue weighted by molar-refractivity contribution is 0.0272. The highest BCUT2D eigenvalue weighted by Gasteiger charge is 2.18. The molecule has 0 atom stereocenters. The van der Waals surface area contributed by atoms with Crippen molar-refractivity contribution in [1.82, 2.24) is 9.84 Å². The zero-order chi connectivity index (χ0) is 13.7. The SMILES string of the molecule is N#Cc1ccc(CS(=O)(=O)NN2CCOCC2)cc1. The van der Waals surface area contributed by atoms with Crippen LogP contribution >= 0.6 is 0 Å². The number of hydrogen-bond acceptors (Lipinski definition) is 5. The van der Waals surface area contributed by atoms with Crippen LogP contribution in [-0.2, 0) is 20.5 Å². The van der Waals surface area contributed by atoms with Gasteiger partial charge in [0.05, 0.1) is 30.6 Å². The van der Waals surface area contributed by atoms with Crippen LogP contribution in [0.25, 0.3) is 0 Å². The zero-order valence-corrected chi connectivity index (χ0v) is 11.2. The molecule has 0 amide bonds. The second-order valence-corrected chi connectivity index (χ2v) is 5.96. The predicted molar refractivity (Wildman–Crippen MR) is 69.3 cm³/mol. The largest absolute Gasteiger partial charge is 0.379 e. The summed E-state index contributed by atoms with van der Waals surface area (Å²) >= 11 is 0. The standard InChI is InChI=1S/C12H15N3O3S/c13-9-11-1-3-12(4-2-11)10-19(16,17)14-15-5-7-18-8-6-15/h1-4,14H,5-8,10H2. The van der Waals surface area contributed by atoms with Crippen LogP contribution in [0.3, 0.4) is 0 Å². The van der Waals surface area contributed by atoms with Gasteiger partial charge in [-0.3, -0.25) is 0 Å². The van der Waals surface area contributed by atoms with E-state index in [1.165, 1.54) is 0 Å². The topological polar surface area (TPSA) is 82.4 Å². The quantitative estimate of drug-likeness (QED) is 0.854. The molecule has 1 aliphatic rings. The smallest absolute Gasteiger partial charge is 0.228 e. The monoisotopic (exact) mass is 281 g/mol. The third-order valence-corrected chi connectivity index (χ3v) is 3.97. The van der Waals surface area contributed by atoms with Crippen LogP contribution in [0.15, 0.2) is 24.3 Å². The van der Waals surface area contributed by atoms with Crippen molar-refractivity contribution in [3.8, 4) is 6.07 Å². The minimum atomic E-state index is -3.42. The van der Waals surface area contributed by atoms with Gasteiger partial charge in [-0.2, -0.15) is 5.26 Å². The van der Waals surface area contributed by atoms with Gasteiger partial charge in [0.2, 0.25) is 10.0 Å². The van der Waals surface area contributed by atoms with E-state index in [1.54, 1.807) is 29.3 Å². The third-order valence-electron chi connectivity index (χ3n) is 2.72. The van der Waals surface area contributed by atoms with Gasteiger partial charge in [0, 0.05) is 13.1 Å². The molecule has 0 aromatic heterocycles. The Morgan fingerprint density at radius 3 is 2.47 bits per heavy atom. The first kappa shape index (κ1) is 14.0. The molecule has 0 spiro atoms. The Kier molecular flexibility index (Phi) is 4.50. The van der Waals surface area contributed by atoms with Crippen molar-refractivity contribution < 1.29 is 13.2 Å². The first-order valence-corrected chi connectivity index (χ1v) is 7.56. The number of nitriles is 1. The average Bonchev–Trinajstić information content (AvgIpc) is 2.39. The summed E-state index contributed by atoms with van der Waals surface area (Å²) in [6.45, 7) is 2.15. The molecule has 7 heteroatoms. The highest BCUT2D eigenvalue weighted by Crippen LogP contribution is 2.08. The number of hydrazine groups is 1. The van der Waals surface area contributed by atoms with E-state index in [2.05, 4.69) is 4.83 Å². The number of hydrogen-bond donors (Lipinski definition) is 1. The lowest BCUT2D eigenvalue weighted by atomic mass is 10.2. The van der Waals surface area contributed by atoms with E-state index in [0.29, 0.717) is 37.4 Å². The molecule has 0 radical (unpaired) electrons. The van der Waals surface area contributed by atoms with Gasteiger partial charge >= 0.3 is 0 Å². The van der Waals surface area contributed by atoms with Crippen LogP contribution in [0.1, 0.15) is 11.1 Å². The van der Waals surface area contributed by atoms with Crippen molar-refractivity contribution in [3.63, 3.8) is 0 Å². The van der Waals surface area contributed by atoms with Crippen LogP contribution < -0.4 is 4.83 Å². The minimum Gasteiger partial charge on any atom is -0.379 e. The highest BCUT2D eigenvalue weighted by atomic mass is 32.2. The van der Waals surface area contributed by atoms with E-state index in [-0.39, 0.29) is 5.75 Å². The second kappa shape index (κ2) is 6.12. The van der Waals surface area contributed by atoms with Crippen LogP contribution in [0.4, 0.5) is 0 Å². The number of sulfonamides is 1. The Hall–Kier alpha value is -1.46. The van der Waals surface area contributed by atoms with Crippen LogP contribution in [0, 0.1) is 11.3 Å². The summed E-state index contributed by atoms with van der Waals surface area (Å²) < 4.78 is 29.1. The van der Waals surface area contributed by atoms with E-state index >= 15 is 0 Å². The summed E-state index contributed by atoms with van der Waals surface area (Å²) in [6.07, 6.45) is 0. The molecule has 0 bridgehead atoms. The summed E-state index contributed by atoms with van der Waals surface area (Å²) in [7, 11) is -3.42. The fourth-order valence-corrected chi connectivity index (χ4v) is 3.05. The van der Waals surface area contributed by atoms with Gasteiger partial charge in [0.1, 0.15) is 0 Å². The van der Waals surface area contributed by atoms with Crippen molar-refractivity contribution in [2.45, 2.75) is 5.75 Å². The van der Waals surface area contributed by atoms with Gasteiger partial charge in [-0.1, -0.05) is 12.1 Å². The number of morpholine rings is 1. The number of ether oxygens (including phenoxy) is 1. The van der Waals surface area contributed by atoms with Gasteiger partial charge in [-0.25, -0.2) is 13.4 Å².